The van der Waals surface area contributed by atoms with Crippen molar-refractivity contribution in [2.24, 2.45) is 0 Å². The van der Waals surface area contributed by atoms with Crippen molar-refractivity contribution in [2.75, 3.05) is 44.4 Å². The van der Waals surface area contributed by atoms with Crippen LogP contribution in [0.4, 0.5) is 16.3 Å². The topological polar surface area (TPSA) is 80.4 Å². The second-order valence-corrected chi connectivity index (χ2v) is 5.95. The molecule has 3 rings (SSSR count). The number of benzene rings is 1. The molecule has 8 heteroatoms. The van der Waals surface area contributed by atoms with Crippen LogP contribution in [0.25, 0.3) is 0 Å². The number of nitrogens with zero attached hydrogens (tertiary/aromatic N) is 5. The first kappa shape index (κ1) is 16.5. The van der Waals surface area contributed by atoms with Gasteiger partial charge >= 0.3 is 0 Å². The van der Waals surface area contributed by atoms with Crippen LogP contribution in [0.15, 0.2) is 24.3 Å². The van der Waals surface area contributed by atoms with Gasteiger partial charge in [-0.25, -0.2) is 4.39 Å². The Hall–Kier alpha value is -2.32. The van der Waals surface area contributed by atoms with Crippen LogP contribution in [0.1, 0.15) is 17.5 Å². The van der Waals surface area contributed by atoms with Crippen LogP contribution in [0.3, 0.4) is 0 Å². The van der Waals surface area contributed by atoms with Crippen molar-refractivity contribution in [3.63, 3.8) is 0 Å². The molecule has 1 aromatic heterocycles. The molecule has 2 N–H and O–H groups in total. The van der Waals surface area contributed by atoms with Gasteiger partial charge in [0.15, 0.2) is 0 Å². The zero-order valence-electron chi connectivity index (χ0n) is 13.8. The molecule has 24 heavy (non-hydrogen) atoms. The van der Waals surface area contributed by atoms with Crippen molar-refractivity contribution in [3.8, 4) is 0 Å². The zero-order chi connectivity index (χ0) is 17.1. The Morgan fingerprint density at radius 3 is 2.71 bits per heavy atom. The summed E-state index contributed by atoms with van der Waals surface area (Å²) in [4.78, 5) is 16.7. The molecule has 0 bridgehead atoms. The van der Waals surface area contributed by atoms with Crippen LogP contribution in [0.2, 0.25) is 0 Å². The van der Waals surface area contributed by atoms with Crippen molar-refractivity contribution in [1.82, 2.24) is 19.9 Å². The first-order valence-electron chi connectivity index (χ1n) is 7.78. The summed E-state index contributed by atoms with van der Waals surface area (Å²) in [6.07, 6.45) is -0.0909. The van der Waals surface area contributed by atoms with Gasteiger partial charge in [-0.3, -0.25) is 4.90 Å². The zero-order valence-corrected chi connectivity index (χ0v) is 13.8. The third-order valence-electron chi connectivity index (χ3n) is 3.84. The summed E-state index contributed by atoms with van der Waals surface area (Å²) in [5, 5.41) is 0. The molecule has 2 heterocycles. The number of anilines is 2. The van der Waals surface area contributed by atoms with E-state index in [1.807, 2.05) is 14.1 Å². The predicted octanol–water partition coefficient (Wildman–Crippen LogP) is 1.23. The lowest BCUT2D eigenvalue weighted by Gasteiger charge is -2.32. The van der Waals surface area contributed by atoms with Crippen molar-refractivity contribution in [1.29, 1.82) is 0 Å². The number of halogens is 1. The molecule has 128 valence electrons. The number of hydrogen-bond acceptors (Lipinski definition) is 7. The fraction of sp³-hybridized carbons (Fsp3) is 0.438. The maximum absolute atomic E-state index is 13.1. The number of rotatable bonds is 4. The van der Waals surface area contributed by atoms with Gasteiger partial charge in [0.2, 0.25) is 11.9 Å². The molecule has 1 aliphatic rings. The molecular formula is C16H21FN6O. The molecule has 7 nitrogen and oxygen atoms in total. The Morgan fingerprint density at radius 1 is 1.25 bits per heavy atom. The normalized spacial score (nSPS) is 18.5. The van der Waals surface area contributed by atoms with Crippen LogP contribution in [0, 0.1) is 5.82 Å². The Morgan fingerprint density at radius 2 is 2.00 bits per heavy atom. The van der Waals surface area contributed by atoms with E-state index in [1.54, 1.807) is 17.0 Å². The number of hydrogen-bond donors (Lipinski definition) is 1. The highest BCUT2D eigenvalue weighted by molar-refractivity contribution is 5.32. The van der Waals surface area contributed by atoms with Gasteiger partial charge in [-0.1, -0.05) is 12.1 Å². The standard InChI is InChI=1S/C16H21FN6O/c1-22(2)16-20-14(19-15(18)21-16)10-23-7-8-24-13(9-23)11-3-5-12(17)6-4-11/h3-6,13H,7-10H2,1-2H3,(H2,18,19,20,21)/t13-/m0/s1. The highest BCUT2D eigenvalue weighted by Gasteiger charge is 2.23. The third kappa shape index (κ3) is 3.95. The summed E-state index contributed by atoms with van der Waals surface area (Å²) < 4.78 is 18.9. The average molecular weight is 332 g/mol. The minimum absolute atomic E-state index is 0.0909. The molecule has 0 saturated carbocycles. The highest BCUT2D eigenvalue weighted by atomic mass is 19.1. The maximum Gasteiger partial charge on any atom is 0.229 e. The molecule has 0 radical (unpaired) electrons. The van der Waals surface area contributed by atoms with Gasteiger partial charge in [0.05, 0.1) is 19.3 Å². The lowest BCUT2D eigenvalue weighted by atomic mass is 10.1. The summed E-state index contributed by atoms with van der Waals surface area (Å²) in [5.74, 6) is 1.14. The molecular weight excluding hydrogens is 311 g/mol. The Balaban J connectivity index is 1.70. The van der Waals surface area contributed by atoms with E-state index in [1.165, 1.54) is 12.1 Å². The smallest absolute Gasteiger partial charge is 0.229 e. The Labute approximate surface area is 140 Å². The van der Waals surface area contributed by atoms with Crippen molar-refractivity contribution < 1.29 is 9.13 Å². The van der Waals surface area contributed by atoms with Gasteiger partial charge < -0.3 is 15.4 Å². The minimum Gasteiger partial charge on any atom is -0.371 e. The van der Waals surface area contributed by atoms with E-state index in [9.17, 15) is 4.39 Å². The SMILES string of the molecule is CN(C)c1nc(N)nc(CN2CCO[C@H](c3ccc(F)cc3)C2)n1. The van der Waals surface area contributed by atoms with E-state index in [0.717, 1.165) is 12.1 Å². The van der Waals surface area contributed by atoms with Crippen molar-refractivity contribution in [3.05, 3.63) is 41.5 Å². The monoisotopic (exact) mass is 332 g/mol. The quantitative estimate of drug-likeness (QED) is 0.902. The molecule has 0 unspecified atom stereocenters. The van der Waals surface area contributed by atoms with Crippen LogP contribution in [0.5, 0.6) is 0 Å². The molecule has 1 aromatic carbocycles. The molecule has 2 aromatic rings. The molecule has 0 aliphatic carbocycles. The van der Waals surface area contributed by atoms with Crippen LogP contribution >= 0.6 is 0 Å². The van der Waals surface area contributed by atoms with E-state index < -0.39 is 0 Å². The molecule has 1 atom stereocenters. The fourth-order valence-electron chi connectivity index (χ4n) is 2.62. The van der Waals surface area contributed by atoms with E-state index in [2.05, 4.69) is 19.9 Å². The first-order chi connectivity index (χ1) is 11.5. The molecule has 1 fully saturated rings. The van der Waals surface area contributed by atoms with E-state index in [4.69, 9.17) is 10.5 Å². The Bertz CT molecular complexity index is 693. The minimum atomic E-state index is -0.247. The summed E-state index contributed by atoms with van der Waals surface area (Å²) in [5.41, 5.74) is 6.73. The summed E-state index contributed by atoms with van der Waals surface area (Å²) in [6, 6.07) is 6.42. The molecule has 0 amide bonds. The van der Waals surface area contributed by atoms with Crippen molar-refractivity contribution in [2.45, 2.75) is 12.6 Å². The predicted molar refractivity (Wildman–Crippen MR) is 88.9 cm³/mol. The van der Waals surface area contributed by atoms with Crippen molar-refractivity contribution >= 4 is 11.9 Å². The third-order valence-corrected chi connectivity index (χ3v) is 3.84. The lowest BCUT2D eigenvalue weighted by Crippen LogP contribution is -2.38. The molecule has 0 spiro atoms. The second-order valence-electron chi connectivity index (χ2n) is 5.95. The van der Waals surface area contributed by atoms with Gasteiger partial charge in [0.1, 0.15) is 11.6 Å². The highest BCUT2D eigenvalue weighted by Crippen LogP contribution is 2.23. The van der Waals surface area contributed by atoms with Crippen LogP contribution < -0.4 is 10.6 Å². The van der Waals surface area contributed by atoms with Crippen LogP contribution in [-0.4, -0.2) is 53.6 Å². The number of nitrogen functional groups attached to an aromatic ring is 1. The van der Waals surface area contributed by atoms with Gasteiger partial charge in [-0.2, -0.15) is 15.0 Å². The maximum atomic E-state index is 13.1. The molecule has 1 saturated heterocycles. The lowest BCUT2D eigenvalue weighted by molar-refractivity contribution is -0.0336. The van der Waals surface area contributed by atoms with E-state index in [0.29, 0.717) is 31.5 Å². The summed E-state index contributed by atoms with van der Waals surface area (Å²) >= 11 is 0. The number of nitrogens with two attached hydrogens (primary N) is 1. The summed E-state index contributed by atoms with van der Waals surface area (Å²) in [6.45, 7) is 2.63. The number of ether oxygens (including phenoxy) is 1. The molecule has 1 aliphatic heterocycles. The Kier molecular flexibility index (Phi) is 4.86. The van der Waals surface area contributed by atoms with E-state index in [-0.39, 0.29) is 17.9 Å². The second kappa shape index (κ2) is 7.06. The number of aromatic nitrogens is 3. The average Bonchev–Trinajstić information content (AvgIpc) is 2.55. The van der Waals surface area contributed by atoms with E-state index >= 15 is 0 Å². The fourth-order valence-corrected chi connectivity index (χ4v) is 2.62. The van der Waals surface area contributed by atoms with Gasteiger partial charge in [-0.05, 0) is 17.7 Å². The van der Waals surface area contributed by atoms with Gasteiger partial charge in [0, 0.05) is 27.2 Å². The van der Waals surface area contributed by atoms with Crippen LogP contribution in [-0.2, 0) is 11.3 Å². The van der Waals surface area contributed by atoms with Gasteiger partial charge in [-0.15, -0.1) is 0 Å². The summed E-state index contributed by atoms with van der Waals surface area (Å²) in [7, 11) is 3.72. The number of morpholine rings is 1. The first-order valence-corrected chi connectivity index (χ1v) is 7.78. The van der Waals surface area contributed by atoms with Gasteiger partial charge in [0.25, 0.3) is 0 Å². The largest absolute Gasteiger partial charge is 0.371 e.